The second-order valence-electron chi connectivity index (χ2n) is 7.20. The van der Waals surface area contributed by atoms with Crippen molar-refractivity contribution >= 4 is 0 Å². The molecule has 3 heterocycles. The number of likely N-dealkylation sites (tertiary alicyclic amines) is 1. The topological polar surface area (TPSA) is 71.6 Å². The second-order valence-corrected chi connectivity index (χ2v) is 7.20. The average Bonchev–Trinajstić information content (AvgIpc) is 3.31. The van der Waals surface area contributed by atoms with E-state index in [0.717, 1.165) is 57.3 Å². The average molecular weight is 343 g/mol. The first-order chi connectivity index (χ1) is 12.3. The molecule has 1 aromatic heterocycles. The number of ether oxygens (including phenoxy) is 1. The van der Waals surface area contributed by atoms with E-state index in [0.29, 0.717) is 12.5 Å². The molecule has 0 amide bonds. The Labute approximate surface area is 147 Å². The summed E-state index contributed by atoms with van der Waals surface area (Å²) in [5.74, 6) is 1.81. The van der Waals surface area contributed by atoms with Crippen molar-refractivity contribution in [2.75, 3.05) is 32.9 Å². The minimum Gasteiger partial charge on any atom is -0.395 e. The maximum Gasteiger partial charge on any atom is 0.229 e. The second kappa shape index (κ2) is 7.23. The Morgan fingerprint density at radius 1 is 1.20 bits per heavy atom. The highest BCUT2D eigenvalue weighted by Crippen LogP contribution is 2.35. The molecule has 2 aliphatic rings. The molecule has 1 aromatic carbocycles. The van der Waals surface area contributed by atoms with Gasteiger partial charge in [-0.15, -0.1) is 0 Å². The zero-order valence-corrected chi connectivity index (χ0v) is 14.4. The molecule has 2 aliphatic heterocycles. The lowest BCUT2D eigenvalue weighted by Crippen LogP contribution is -2.34. The Kier molecular flexibility index (Phi) is 4.83. The maximum atomic E-state index is 10.0. The molecule has 1 unspecified atom stereocenters. The van der Waals surface area contributed by atoms with Crippen LogP contribution in [0.2, 0.25) is 0 Å². The van der Waals surface area contributed by atoms with Gasteiger partial charge < -0.3 is 14.4 Å². The van der Waals surface area contributed by atoms with Crippen LogP contribution in [0.3, 0.4) is 0 Å². The van der Waals surface area contributed by atoms with Crippen LogP contribution in [-0.4, -0.2) is 53.1 Å². The highest BCUT2D eigenvalue weighted by atomic mass is 16.5. The van der Waals surface area contributed by atoms with E-state index in [1.54, 1.807) is 0 Å². The largest absolute Gasteiger partial charge is 0.395 e. The zero-order chi connectivity index (χ0) is 17.1. The van der Waals surface area contributed by atoms with Crippen molar-refractivity contribution in [3.63, 3.8) is 0 Å². The standard InChI is InChI=1S/C19H25N3O3/c23-14-19(16-4-2-1-3-5-16)8-9-22(13-19)12-17-20-18(25-21-17)15-6-10-24-11-7-15/h1-5,15,23H,6-14H2. The number of rotatable bonds is 5. The molecule has 25 heavy (non-hydrogen) atoms. The third-order valence-electron chi connectivity index (χ3n) is 5.54. The first-order valence-corrected chi connectivity index (χ1v) is 9.08. The van der Waals surface area contributed by atoms with Gasteiger partial charge in [-0.2, -0.15) is 4.98 Å². The van der Waals surface area contributed by atoms with Crippen molar-refractivity contribution in [2.24, 2.45) is 0 Å². The summed E-state index contributed by atoms with van der Waals surface area (Å²) >= 11 is 0. The number of aliphatic hydroxyl groups is 1. The molecule has 2 saturated heterocycles. The first kappa shape index (κ1) is 16.7. The molecular weight excluding hydrogens is 318 g/mol. The molecule has 6 heteroatoms. The summed E-state index contributed by atoms with van der Waals surface area (Å²) in [5, 5.41) is 14.2. The highest BCUT2D eigenvalue weighted by Gasteiger charge is 2.39. The van der Waals surface area contributed by atoms with Gasteiger partial charge in [-0.25, -0.2) is 0 Å². The summed E-state index contributed by atoms with van der Waals surface area (Å²) in [4.78, 5) is 6.91. The van der Waals surface area contributed by atoms with Crippen LogP contribution >= 0.6 is 0 Å². The summed E-state index contributed by atoms with van der Waals surface area (Å²) in [6, 6.07) is 10.3. The lowest BCUT2D eigenvalue weighted by atomic mass is 9.80. The van der Waals surface area contributed by atoms with E-state index in [4.69, 9.17) is 9.26 Å². The van der Waals surface area contributed by atoms with Crippen molar-refractivity contribution < 1.29 is 14.4 Å². The summed E-state index contributed by atoms with van der Waals surface area (Å²) < 4.78 is 10.9. The summed E-state index contributed by atoms with van der Waals surface area (Å²) in [7, 11) is 0. The fourth-order valence-corrected chi connectivity index (χ4v) is 3.98. The summed E-state index contributed by atoms with van der Waals surface area (Å²) in [6.07, 6.45) is 2.85. The highest BCUT2D eigenvalue weighted by molar-refractivity contribution is 5.27. The van der Waals surface area contributed by atoms with Gasteiger partial charge in [0.2, 0.25) is 5.89 Å². The van der Waals surface area contributed by atoms with Crippen molar-refractivity contribution in [1.82, 2.24) is 15.0 Å². The third kappa shape index (κ3) is 3.47. The molecule has 0 radical (unpaired) electrons. The lowest BCUT2D eigenvalue weighted by Gasteiger charge is -2.27. The summed E-state index contributed by atoms with van der Waals surface area (Å²) in [6.45, 7) is 4.11. The van der Waals surface area contributed by atoms with E-state index in [-0.39, 0.29) is 12.0 Å². The zero-order valence-electron chi connectivity index (χ0n) is 14.4. The monoisotopic (exact) mass is 343 g/mol. The molecule has 0 saturated carbocycles. The van der Waals surface area contributed by atoms with E-state index in [1.807, 2.05) is 18.2 Å². The number of benzene rings is 1. The Balaban J connectivity index is 1.41. The molecule has 0 aliphatic carbocycles. The third-order valence-corrected chi connectivity index (χ3v) is 5.54. The fraction of sp³-hybridized carbons (Fsp3) is 0.579. The molecule has 0 bridgehead atoms. The van der Waals surface area contributed by atoms with Gasteiger partial charge in [0.1, 0.15) is 0 Å². The van der Waals surface area contributed by atoms with Crippen molar-refractivity contribution in [3.05, 3.63) is 47.6 Å². The van der Waals surface area contributed by atoms with Crippen LogP contribution in [0.5, 0.6) is 0 Å². The predicted molar refractivity (Wildman–Crippen MR) is 92.2 cm³/mol. The van der Waals surface area contributed by atoms with Crippen molar-refractivity contribution in [2.45, 2.75) is 37.1 Å². The van der Waals surface area contributed by atoms with Gasteiger partial charge in [0.15, 0.2) is 5.82 Å². The smallest absolute Gasteiger partial charge is 0.229 e. The number of hydrogen-bond acceptors (Lipinski definition) is 6. The van der Waals surface area contributed by atoms with Gasteiger partial charge in [0, 0.05) is 31.1 Å². The molecule has 1 N–H and O–H groups in total. The quantitative estimate of drug-likeness (QED) is 0.896. The van der Waals surface area contributed by atoms with Gasteiger partial charge in [-0.3, -0.25) is 4.90 Å². The predicted octanol–water partition coefficient (Wildman–Crippen LogP) is 2.10. The Morgan fingerprint density at radius 3 is 2.76 bits per heavy atom. The van der Waals surface area contributed by atoms with Gasteiger partial charge in [0.25, 0.3) is 0 Å². The normalized spacial score (nSPS) is 25.5. The van der Waals surface area contributed by atoms with Crippen LogP contribution in [-0.2, 0) is 16.7 Å². The van der Waals surface area contributed by atoms with Crippen LogP contribution in [0.4, 0.5) is 0 Å². The Bertz CT molecular complexity index is 684. The minimum atomic E-state index is -0.186. The fourth-order valence-electron chi connectivity index (χ4n) is 3.98. The Morgan fingerprint density at radius 2 is 2.00 bits per heavy atom. The van der Waals surface area contributed by atoms with Gasteiger partial charge >= 0.3 is 0 Å². The lowest BCUT2D eigenvalue weighted by molar-refractivity contribution is 0.0778. The molecular formula is C19H25N3O3. The van der Waals surface area contributed by atoms with E-state index < -0.39 is 0 Å². The van der Waals surface area contributed by atoms with Crippen LogP contribution in [0.25, 0.3) is 0 Å². The maximum absolute atomic E-state index is 10.0. The number of aromatic nitrogens is 2. The molecule has 2 aromatic rings. The van der Waals surface area contributed by atoms with Gasteiger partial charge in [0.05, 0.1) is 13.2 Å². The van der Waals surface area contributed by atoms with E-state index >= 15 is 0 Å². The number of aliphatic hydroxyl groups excluding tert-OH is 1. The molecule has 2 fully saturated rings. The van der Waals surface area contributed by atoms with Crippen LogP contribution in [0.15, 0.2) is 34.9 Å². The summed E-state index contributed by atoms with van der Waals surface area (Å²) in [5.41, 5.74) is 1.02. The van der Waals surface area contributed by atoms with Crippen molar-refractivity contribution in [1.29, 1.82) is 0 Å². The number of nitrogens with zero attached hydrogens (tertiary/aromatic N) is 3. The Hall–Kier alpha value is -1.76. The van der Waals surface area contributed by atoms with Gasteiger partial charge in [-0.05, 0) is 31.4 Å². The molecule has 1 atom stereocenters. The SMILES string of the molecule is OCC1(c2ccccc2)CCN(Cc2noc(C3CCOCC3)n2)C1. The van der Waals surface area contributed by atoms with Crippen LogP contribution < -0.4 is 0 Å². The molecule has 134 valence electrons. The van der Waals surface area contributed by atoms with E-state index in [2.05, 4.69) is 27.2 Å². The molecule has 6 nitrogen and oxygen atoms in total. The van der Waals surface area contributed by atoms with Crippen LogP contribution in [0, 0.1) is 0 Å². The molecule has 4 rings (SSSR count). The van der Waals surface area contributed by atoms with Gasteiger partial charge in [-0.1, -0.05) is 35.5 Å². The van der Waals surface area contributed by atoms with Crippen molar-refractivity contribution in [3.8, 4) is 0 Å². The van der Waals surface area contributed by atoms with E-state index in [9.17, 15) is 5.11 Å². The van der Waals surface area contributed by atoms with Crippen LogP contribution in [0.1, 0.15) is 42.5 Å². The first-order valence-electron chi connectivity index (χ1n) is 9.08. The molecule has 0 spiro atoms. The minimum absolute atomic E-state index is 0.160. The number of hydrogen-bond donors (Lipinski definition) is 1. The van der Waals surface area contributed by atoms with E-state index in [1.165, 1.54) is 5.56 Å².